The summed E-state index contributed by atoms with van der Waals surface area (Å²) >= 11 is 1.56. The van der Waals surface area contributed by atoms with E-state index in [0.29, 0.717) is 11.4 Å². The van der Waals surface area contributed by atoms with Gasteiger partial charge in [-0.25, -0.2) is 8.42 Å². The summed E-state index contributed by atoms with van der Waals surface area (Å²) in [4.78, 5) is 0. The van der Waals surface area contributed by atoms with Gasteiger partial charge in [-0.3, -0.25) is 4.72 Å². The van der Waals surface area contributed by atoms with E-state index in [-0.39, 0.29) is 11.8 Å². The summed E-state index contributed by atoms with van der Waals surface area (Å²) in [7, 11) is -3.29. The zero-order chi connectivity index (χ0) is 14.5. The van der Waals surface area contributed by atoms with Gasteiger partial charge >= 0.3 is 0 Å². The van der Waals surface area contributed by atoms with Crippen molar-refractivity contribution < 1.29 is 8.42 Å². The number of hydrogen-bond acceptors (Lipinski definition) is 4. The number of benzene rings is 1. The van der Waals surface area contributed by atoms with Crippen molar-refractivity contribution in [1.29, 1.82) is 0 Å². The molecule has 1 aromatic carbocycles. The van der Waals surface area contributed by atoms with Gasteiger partial charge in [-0.05, 0) is 31.9 Å². The third-order valence-electron chi connectivity index (χ3n) is 2.62. The average Bonchev–Trinajstić information content (AvgIpc) is 2.30. The number of nitrogens with one attached hydrogen (secondary N) is 1. The molecule has 0 radical (unpaired) electrons. The molecule has 3 N–H and O–H groups in total. The lowest BCUT2D eigenvalue weighted by atomic mass is 10.1. The van der Waals surface area contributed by atoms with Crippen LogP contribution in [-0.2, 0) is 10.0 Å². The summed E-state index contributed by atoms with van der Waals surface area (Å²) in [6, 6.07) is 5.81. The molecule has 0 heterocycles. The van der Waals surface area contributed by atoms with Gasteiger partial charge in [0.05, 0.1) is 11.4 Å². The van der Waals surface area contributed by atoms with E-state index in [2.05, 4.69) is 4.72 Å². The fourth-order valence-corrected chi connectivity index (χ4v) is 4.24. The molecule has 6 heteroatoms. The van der Waals surface area contributed by atoms with Crippen LogP contribution >= 0.6 is 11.8 Å². The van der Waals surface area contributed by atoms with Crippen LogP contribution in [0, 0.1) is 13.8 Å². The van der Waals surface area contributed by atoms with Crippen LogP contribution in [0.2, 0.25) is 0 Å². The highest BCUT2D eigenvalue weighted by Gasteiger charge is 2.13. The molecule has 19 heavy (non-hydrogen) atoms. The number of anilines is 1. The Morgan fingerprint density at radius 3 is 2.42 bits per heavy atom. The minimum Gasteiger partial charge on any atom is -0.327 e. The molecule has 0 saturated heterocycles. The fourth-order valence-electron chi connectivity index (χ4n) is 1.62. The Morgan fingerprint density at radius 2 is 1.89 bits per heavy atom. The molecule has 0 aromatic heterocycles. The summed E-state index contributed by atoms with van der Waals surface area (Å²) in [5.74, 6) is 1.44. The Hall–Kier alpha value is -0.720. The van der Waals surface area contributed by atoms with Gasteiger partial charge in [0.25, 0.3) is 0 Å². The minimum atomic E-state index is -3.29. The zero-order valence-corrected chi connectivity index (χ0v) is 13.3. The maximum absolute atomic E-state index is 12.0. The zero-order valence-electron chi connectivity index (χ0n) is 11.6. The molecular formula is C13H22N2O2S2. The van der Waals surface area contributed by atoms with Crippen molar-refractivity contribution in [2.45, 2.75) is 26.8 Å². The highest BCUT2D eigenvalue weighted by Crippen LogP contribution is 2.21. The van der Waals surface area contributed by atoms with Gasteiger partial charge in [-0.1, -0.05) is 18.2 Å². The van der Waals surface area contributed by atoms with Gasteiger partial charge in [0.1, 0.15) is 0 Å². The predicted molar refractivity (Wildman–Crippen MR) is 84.3 cm³/mol. The molecule has 108 valence electrons. The summed E-state index contributed by atoms with van der Waals surface area (Å²) in [5, 5.41) is 0. The molecule has 1 unspecified atom stereocenters. The lowest BCUT2D eigenvalue weighted by Crippen LogP contribution is -2.21. The first-order chi connectivity index (χ1) is 8.82. The second-order valence-corrected chi connectivity index (χ2v) is 7.73. The molecule has 0 aliphatic rings. The predicted octanol–water partition coefficient (Wildman–Crippen LogP) is 2.13. The van der Waals surface area contributed by atoms with E-state index in [1.54, 1.807) is 11.8 Å². The average molecular weight is 302 g/mol. The number of sulfonamides is 1. The van der Waals surface area contributed by atoms with Crippen LogP contribution in [0.4, 0.5) is 5.69 Å². The number of aryl methyl sites for hydroxylation is 2. The third-order valence-corrected chi connectivity index (χ3v) is 5.39. The van der Waals surface area contributed by atoms with Crippen molar-refractivity contribution in [3.8, 4) is 0 Å². The molecule has 0 aliphatic heterocycles. The van der Waals surface area contributed by atoms with Crippen LogP contribution in [0.15, 0.2) is 18.2 Å². The van der Waals surface area contributed by atoms with E-state index in [1.165, 1.54) is 0 Å². The fraction of sp³-hybridized carbons (Fsp3) is 0.538. The maximum atomic E-state index is 12.0. The molecule has 0 fully saturated rings. The van der Waals surface area contributed by atoms with Crippen molar-refractivity contribution >= 4 is 27.5 Å². The number of para-hydroxylation sites is 1. The standard InChI is InChI=1S/C13H22N2O2S2/c1-10-5-4-6-11(2)13(10)15-19(16,17)8-7-18-9-12(3)14/h4-6,12,15H,7-9,14H2,1-3H3. The smallest absolute Gasteiger partial charge is 0.233 e. The van der Waals surface area contributed by atoms with Gasteiger partial charge in [-0.2, -0.15) is 11.8 Å². The lowest BCUT2D eigenvalue weighted by molar-refractivity contribution is 0.602. The van der Waals surface area contributed by atoms with E-state index in [1.807, 2.05) is 39.0 Å². The largest absolute Gasteiger partial charge is 0.327 e. The maximum Gasteiger partial charge on any atom is 0.233 e. The lowest BCUT2D eigenvalue weighted by Gasteiger charge is -2.13. The Kier molecular flexibility index (Phi) is 6.16. The van der Waals surface area contributed by atoms with Gasteiger partial charge in [0.15, 0.2) is 0 Å². The van der Waals surface area contributed by atoms with Crippen LogP contribution in [0.5, 0.6) is 0 Å². The first kappa shape index (κ1) is 16.3. The summed E-state index contributed by atoms with van der Waals surface area (Å²) in [6.07, 6.45) is 0. The number of nitrogens with two attached hydrogens (primary N) is 1. The molecule has 0 bridgehead atoms. The number of hydrogen-bond donors (Lipinski definition) is 2. The van der Waals surface area contributed by atoms with Crippen molar-refractivity contribution in [3.05, 3.63) is 29.3 Å². The second kappa shape index (κ2) is 7.17. The minimum absolute atomic E-state index is 0.0966. The molecule has 1 atom stereocenters. The molecule has 1 rings (SSSR count). The highest BCUT2D eigenvalue weighted by molar-refractivity contribution is 8.00. The molecular weight excluding hydrogens is 280 g/mol. The van der Waals surface area contributed by atoms with Crippen LogP contribution in [-0.4, -0.2) is 31.7 Å². The van der Waals surface area contributed by atoms with E-state index >= 15 is 0 Å². The summed E-state index contributed by atoms with van der Waals surface area (Å²) in [6.45, 7) is 5.71. The van der Waals surface area contributed by atoms with Gasteiger partial charge in [0.2, 0.25) is 10.0 Å². The summed E-state index contributed by atoms with van der Waals surface area (Å²) < 4.78 is 26.7. The Bertz CT molecular complexity index is 493. The highest BCUT2D eigenvalue weighted by atomic mass is 32.2. The number of rotatable bonds is 7. The van der Waals surface area contributed by atoms with Crippen LogP contribution in [0.3, 0.4) is 0 Å². The second-order valence-electron chi connectivity index (χ2n) is 4.74. The number of thioether (sulfide) groups is 1. The summed E-state index contributed by atoms with van der Waals surface area (Å²) in [5.41, 5.74) is 8.19. The Labute approximate surface area is 120 Å². The molecule has 4 nitrogen and oxygen atoms in total. The van der Waals surface area contributed by atoms with E-state index in [0.717, 1.165) is 16.9 Å². The van der Waals surface area contributed by atoms with Gasteiger partial charge in [-0.15, -0.1) is 0 Å². The van der Waals surface area contributed by atoms with Crippen molar-refractivity contribution in [1.82, 2.24) is 0 Å². The molecule has 0 saturated carbocycles. The molecule has 0 spiro atoms. The first-order valence-electron chi connectivity index (χ1n) is 6.22. The van der Waals surface area contributed by atoms with Crippen LogP contribution < -0.4 is 10.5 Å². The molecule has 1 aromatic rings. The first-order valence-corrected chi connectivity index (χ1v) is 9.02. The van der Waals surface area contributed by atoms with Crippen molar-refractivity contribution in [2.75, 3.05) is 22.0 Å². The van der Waals surface area contributed by atoms with E-state index in [4.69, 9.17) is 5.73 Å². The Balaban J connectivity index is 2.60. The SMILES string of the molecule is Cc1cccc(C)c1NS(=O)(=O)CCSCC(C)N. The Morgan fingerprint density at radius 1 is 1.32 bits per heavy atom. The normalized spacial score (nSPS) is 13.3. The van der Waals surface area contributed by atoms with Crippen molar-refractivity contribution in [3.63, 3.8) is 0 Å². The van der Waals surface area contributed by atoms with Gasteiger partial charge < -0.3 is 5.73 Å². The van der Waals surface area contributed by atoms with Crippen LogP contribution in [0.1, 0.15) is 18.1 Å². The van der Waals surface area contributed by atoms with Crippen LogP contribution in [0.25, 0.3) is 0 Å². The molecule has 0 amide bonds. The van der Waals surface area contributed by atoms with E-state index in [9.17, 15) is 8.42 Å². The van der Waals surface area contributed by atoms with Crippen molar-refractivity contribution in [2.24, 2.45) is 5.73 Å². The monoisotopic (exact) mass is 302 g/mol. The third kappa shape index (κ3) is 5.84. The molecule has 0 aliphatic carbocycles. The topological polar surface area (TPSA) is 72.2 Å². The van der Waals surface area contributed by atoms with Gasteiger partial charge in [0, 0.05) is 17.5 Å². The van der Waals surface area contributed by atoms with E-state index < -0.39 is 10.0 Å². The quantitative estimate of drug-likeness (QED) is 0.757.